The van der Waals surface area contributed by atoms with Crippen LogP contribution in [0, 0.1) is 0 Å². The first-order valence-corrected chi connectivity index (χ1v) is 8.59. The van der Waals surface area contributed by atoms with Crippen molar-refractivity contribution in [3.05, 3.63) is 12.4 Å². The molecule has 1 aromatic rings. The van der Waals surface area contributed by atoms with Gasteiger partial charge in [-0.05, 0) is 26.7 Å². The van der Waals surface area contributed by atoms with Crippen LogP contribution in [-0.2, 0) is 10.0 Å². The SMILES string of the molecule is COc1cc(N2CCCC(NS(=O)(=O)C(C)C)C2)ncn1. The van der Waals surface area contributed by atoms with Crippen molar-refractivity contribution >= 4 is 15.8 Å². The second-order valence-electron chi connectivity index (χ2n) is 5.42. The quantitative estimate of drug-likeness (QED) is 0.864. The normalized spacial score (nSPS) is 19.8. The van der Waals surface area contributed by atoms with E-state index in [1.807, 2.05) is 0 Å². The minimum atomic E-state index is -3.25. The fourth-order valence-corrected chi connectivity index (χ4v) is 3.19. The van der Waals surface area contributed by atoms with Gasteiger partial charge in [-0.1, -0.05) is 0 Å². The molecule has 118 valence electrons. The number of nitrogens with zero attached hydrogens (tertiary/aromatic N) is 3. The van der Waals surface area contributed by atoms with E-state index in [4.69, 9.17) is 4.74 Å². The predicted molar refractivity (Wildman–Crippen MR) is 81.0 cm³/mol. The van der Waals surface area contributed by atoms with Crippen molar-refractivity contribution in [3.8, 4) is 5.88 Å². The first-order valence-electron chi connectivity index (χ1n) is 7.04. The van der Waals surface area contributed by atoms with E-state index in [1.54, 1.807) is 27.0 Å². The minimum Gasteiger partial charge on any atom is -0.481 e. The van der Waals surface area contributed by atoms with E-state index in [9.17, 15) is 8.42 Å². The topological polar surface area (TPSA) is 84.4 Å². The van der Waals surface area contributed by atoms with Crippen molar-refractivity contribution in [3.63, 3.8) is 0 Å². The second kappa shape index (κ2) is 6.57. The third-order valence-corrected chi connectivity index (χ3v) is 5.44. The molecule has 1 fully saturated rings. The average molecular weight is 314 g/mol. The molecular weight excluding hydrogens is 292 g/mol. The molecule has 8 heteroatoms. The van der Waals surface area contributed by atoms with Crippen LogP contribution in [-0.4, -0.2) is 49.9 Å². The summed E-state index contributed by atoms with van der Waals surface area (Å²) in [5.74, 6) is 1.26. The lowest BCUT2D eigenvalue weighted by Gasteiger charge is -2.34. The molecule has 1 saturated heterocycles. The summed E-state index contributed by atoms with van der Waals surface area (Å²) in [6, 6.07) is 1.67. The summed E-state index contributed by atoms with van der Waals surface area (Å²) in [5, 5.41) is -0.424. The maximum Gasteiger partial charge on any atom is 0.218 e. The third kappa shape index (κ3) is 4.04. The molecule has 0 bridgehead atoms. The van der Waals surface area contributed by atoms with Crippen LogP contribution < -0.4 is 14.4 Å². The highest BCUT2D eigenvalue weighted by Crippen LogP contribution is 2.20. The number of methoxy groups -OCH3 is 1. The molecule has 1 aliphatic heterocycles. The number of piperidine rings is 1. The summed E-state index contributed by atoms with van der Waals surface area (Å²) in [5.41, 5.74) is 0. The van der Waals surface area contributed by atoms with Crippen molar-refractivity contribution in [2.45, 2.75) is 38.0 Å². The number of hydrogen-bond donors (Lipinski definition) is 1. The van der Waals surface area contributed by atoms with Gasteiger partial charge in [0.05, 0.1) is 12.4 Å². The summed E-state index contributed by atoms with van der Waals surface area (Å²) in [6.07, 6.45) is 3.21. The molecule has 1 atom stereocenters. The summed E-state index contributed by atoms with van der Waals surface area (Å²) in [7, 11) is -1.69. The van der Waals surface area contributed by atoms with Crippen LogP contribution in [0.1, 0.15) is 26.7 Å². The average Bonchev–Trinajstić information content (AvgIpc) is 2.47. The minimum absolute atomic E-state index is 0.0906. The van der Waals surface area contributed by atoms with Crippen LogP contribution in [0.4, 0.5) is 5.82 Å². The smallest absolute Gasteiger partial charge is 0.218 e. The highest BCUT2D eigenvalue weighted by Gasteiger charge is 2.26. The molecule has 7 nitrogen and oxygen atoms in total. The molecule has 0 aliphatic carbocycles. The van der Waals surface area contributed by atoms with Gasteiger partial charge < -0.3 is 9.64 Å². The van der Waals surface area contributed by atoms with Gasteiger partial charge in [-0.25, -0.2) is 23.1 Å². The van der Waals surface area contributed by atoms with Gasteiger partial charge in [0.15, 0.2) is 0 Å². The van der Waals surface area contributed by atoms with Gasteiger partial charge in [-0.15, -0.1) is 0 Å². The Balaban J connectivity index is 2.07. The Morgan fingerprint density at radius 3 is 2.86 bits per heavy atom. The molecule has 2 rings (SSSR count). The lowest BCUT2D eigenvalue weighted by molar-refractivity contribution is 0.396. The van der Waals surface area contributed by atoms with Crippen LogP contribution >= 0.6 is 0 Å². The standard InChI is InChI=1S/C13H22N4O3S/c1-10(2)21(18,19)16-11-5-4-6-17(8-11)12-7-13(20-3)15-9-14-12/h7,9-11,16H,4-6,8H2,1-3H3. The van der Waals surface area contributed by atoms with Crippen LogP contribution in [0.2, 0.25) is 0 Å². The number of anilines is 1. The lowest BCUT2D eigenvalue weighted by Crippen LogP contribution is -2.49. The summed E-state index contributed by atoms with van der Waals surface area (Å²) in [4.78, 5) is 10.3. The van der Waals surface area contributed by atoms with Crippen LogP contribution in [0.25, 0.3) is 0 Å². The predicted octanol–water partition coefficient (Wildman–Crippen LogP) is 0.782. The van der Waals surface area contributed by atoms with Gasteiger partial charge in [-0.2, -0.15) is 0 Å². The van der Waals surface area contributed by atoms with Crippen molar-refractivity contribution in [1.29, 1.82) is 0 Å². The molecule has 1 N–H and O–H groups in total. The van der Waals surface area contributed by atoms with Crippen LogP contribution in [0.15, 0.2) is 12.4 Å². The monoisotopic (exact) mass is 314 g/mol. The molecule has 0 spiro atoms. The third-order valence-electron chi connectivity index (χ3n) is 3.53. The molecule has 2 heterocycles. The highest BCUT2D eigenvalue weighted by molar-refractivity contribution is 7.90. The molecule has 1 aromatic heterocycles. The number of rotatable bonds is 5. The Hall–Kier alpha value is -1.41. The van der Waals surface area contributed by atoms with Gasteiger partial charge in [0, 0.05) is 25.2 Å². The zero-order valence-corrected chi connectivity index (χ0v) is 13.4. The second-order valence-corrected chi connectivity index (χ2v) is 7.68. The number of sulfonamides is 1. The van der Waals surface area contributed by atoms with E-state index in [1.165, 1.54) is 6.33 Å². The van der Waals surface area contributed by atoms with Gasteiger partial charge in [0.25, 0.3) is 0 Å². The Morgan fingerprint density at radius 2 is 2.19 bits per heavy atom. The maximum atomic E-state index is 12.0. The summed E-state index contributed by atoms with van der Waals surface area (Å²) < 4.78 is 31.8. The zero-order chi connectivity index (χ0) is 15.5. The summed E-state index contributed by atoms with van der Waals surface area (Å²) in [6.45, 7) is 4.81. The first kappa shape index (κ1) is 16.0. The fraction of sp³-hybridized carbons (Fsp3) is 0.692. The Labute approximate surface area is 125 Å². The number of hydrogen-bond acceptors (Lipinski definition) is 6. The van der Waals surface area contributed by atoms with Gasteiger partial charge in [0.1, 0.15) is 12.1 Å². The fourth-order valence-electron chi connectivity index (χ4n) is 2.26. The molecule has 0 radical (unpaired) electrons. The molecular formula is C13H22N4O3S. The Bertz CT molecular complexity index is 577. The Morgan fingerprint density at radius 1 is 1.43 bits per heavy atom. The number of aromatic nitrogens is 2. The first-order chi connectivity index (χ1) is 9.92. The Kier molecular flexibility index (Phi) is 5.00. The highest BCUT2D eigenvalue weighted by atomic mass is 32.2. The van der Waals surface area contributed by atoms with Crippen molar-refractivity contribution in [1.82, 2.24) is 14.7 Å². The number of nitrogens with one attached hydrogen (secondary N) is 1. The lowest BCUT2D eigenvalue weighted by atomic mass is 10.1. The molecule has 0 amide bonds. The van der Waals surface area contributed by atoms with Crippen molar-refractivity contribution in [2.75, 3.05) is 25.1 Å². The van der Waals surface area contributed by atoms with E-state index in [2.05, 4.69) is 19.6 Å². The molecule has 0 saturated carbocycles. The van der Waals surface area contributed by atoms with Crippen molar-refractivity contribution < 1.29 is 13.2 Å². The number of ether oxygens (including phenoxy) is 1. The van der Waals surface area contributed by atoms with E-state index in [0.29, 0.717) is 12.4 Å². The van der Waals surface area contributed by atoms with E-state index in [-0.39, 0.29) is 6.04 Å². The molecule has 1 unspecified atom stereocenters. The van der Waals surface area contributed by atoms with Gasteiger partial charge in [-0.3, -0.25) is 0 Å². The largest absolute Gasteiger partial charge is 0.481 e. The summed E-state index contributed by atoms with van der Waals surface area (Å²) >= 11 is 0. The van der Waals surface area contributed by atoms with Crippen LogP contribution in [0.3, 0.4) is 0 Å². The van der Waals surface area contributed by atoms with E-state index in [0.717, 1.165) is 25.2 Å². The van der Waals surface area contributed by atoms with E-state index < -0.39 is 15.3 Å². The maximum absolute atomic E-state index is 12.0. The van der Waals surface area contributed by atoms with E-state index >= 15 is 0 Å². The van der Waals surface area contributed by atoms with Gasteiger partial charge in [0.2, 0.25) is 15.9 Å². The molecule has 0 aromatic carbocycles. The molecule has 1 aliphatic rings. The van der Waals surface area contributed by atoms with Crippen LogP contribution in [0.5, 0.6) is 5.88 Å². The zero-order valence-electron chi connectivity index (χ0n) is 12.6. The molecule has 21 heavy (non-hydrogen) atoms. The van der Waals surface area contributed by atoms with Gasteiger partial charge >= 0.3 is 0 Å². The van der Waals surface area contributed by atoms with Crippen molar-refractivity contribution in [2.24, 2.45) is 0 Å².